The molecule has 4 N–H and O–H groups in total. The second-order valence-corrected chi connectivity index (χ2v) is 6.95. The van der Waals surface area contributed by atoms with E-state index in [9.17, 15) is 4.79 Å². The summed E-state index contributed by atoms with van der Waals surface area (Å²) in [5.74, 6) is 1.09. The van der Waals surface area contributed by atoms with Gasteiger partial charge in [-0.1, -0.05) is 12.1 Å². The Labute approximate surface area is 185 Å². The lowest BCUT2D eigenvalue weighted by molar-refractivity contribution is -0.125. The summed E-state index contributed by atoms with van der Waals surface area (Å²) in [5, 5.41) is 6.36. The third-order valence-corrected chi connectivity index (χ3v) is 4.03. The molecule has 0 aliphatic heterocycles. The average Bonchev–Trinajstić information content (AvgIpc) is 2.62. The Bertz CT molecular complexity index is 636. The molecule has 0 aromatic heterocycles. The molecule has 1 aromatic carbocycles. The minimum absolute atomic E-state index is 0. The van der Waals surface area contributed by atoms with Crippen molar-refractivity contribution < 1.29 is 14.3 Å². The second-order valence-electron chi connectivity index (χ2n) is 6.95. The van der Waals surface area contributed by atoms with E-state index < -0.39 is 5.41 Å². The molecule has 0 bridgehead atoms. The number of rotatable bonds is 11. The predicted octanol–water partition coefficient (Wildman–Crippen LogP) is 2.59. The van der Waals surface area contributed by atoms with Gasteiger partial charge in [0, 0.05) is 25.3 Å². The van der Waals surface area contributed by atoms with Crippen LogP contribution in [0.25, 0.3) is 0 Å². The smallest absolute Gasteiger partial charge is 0.224 e. The van der Waals surface area contributed by atoms with Gasteiger partial charge in [-0.25, -0.2) is 4.99 Å². The third kappa shape index (κ3) is 9.59. The van der Waals surface area contributed by atoms with E-state index in [1.54, 1.807) is 13.8 Å². The zero-order chi connectivity index (χ0) is 20.3. The number of carbonyl (C=O) groups is 1. The van der Waals surface area contributed by atoms with Gasteiger partial charge in [0.15, 0.2) is 5.96 Å². The molecule has 0 fully saturated rings. The summed E-state index contributed by atoms with van der Waals surface area (Å²) < 4.78 is 11.2. The molecule has 160 valence electrons. The van der Waals surface area contributed by atoms with E-state index in [1.807, 2.05) is 39.0 Å². The first kappa shape index (κ1) is 26.4. The molecule has 0 atom stereocenters. The first-order valence-electron chi connectivity index (χ1n) is 9.42. The molecule has 0 unspecified atom stereocenters. The van der Waals surface area contributed by atoms with Crippen LogP contribution in [0.3, 0.4) is 0 Å². The fraction of sp³-hybridized carbons (Fsp3) is 0.600. The van der Waals surface area contributed by atoms with Gasteiger partial charge in [-0.15, -0.1) is 24.0 Å². The number of benzene rings is 1. The molecule has 8 heteroatoms. The highest BCUT2D eigenvalue weighted by molar-refractivity contribution is 14.0. The van der Waals surface area contributed by atoms with E-state index in [0.717, 1.165) is 16.9 Å². The molecule has 1 rings (SSSR count). The van der Waals surface area contributed by atoms with Crippen LogP contribution in [0.5, 0.6) is 5.75 Å². The number of aryl methyl sites for hydroxylation is 1. The van der Waals surface area contributed by atoms with Crippen molar-refractivity contribution in [2.75, 3.05) is 32.9 Å². The molecule has 0 heterocycles. The van der Waals surface area contributed by atoms with Crippen molar-refractivity contribution in [2.24, 2.45) is 16.1 Å². The van der Waals surface area contributed by atoms with Crippen LogP contribution < -0.4 is 21.1 Å². The molecular weight excluding hydrogens is 471 g/mol. The molecular formula is C20H35IN4O3. The summed E-state index contributed by atoms with van der Waals surface area (Å²) in [7, 11) is 0. The number of ether oxygens (including phenoxy) is 2. The number of guanidine groups is 1. The molecule has 1 aromatic rings. The topological polar surface area (TPSA) is 98.0 Å². The van der Waals surface area contributed by atoms with E-state index in [4.69, 9.17) is 15.2 Å². The minimum Gasteiger partial charge on any atom is -0.491 e. The molecule has 0 aliphatic rings. The number of hydrogen-bond acceptors (Lipinski definition) is 4. The molecule has 0 spiro atoms. The summed E-state index contributed by atoms with van der Waals surface area (Å²) in [4.78, 5) is 16.1. The summed E-state index contributed by atoms with van der Waals surface area (Å²) in [5.41, 5.74) is 6.89. The van der Waals surface area contributed by atoms with Gasteiger partial charge in [0.05, 0.1) is 18.6 Å². The maximum Gasteiger partial charge on any atom is 0.224 e. The Morgan fingerprint density at radius 1 is 1.21 bits per heavy atom. The molecule has 0 aliphatic carbocycles. The maximum atomic E-state index is 11.5. The molecule has 1 amide bonds. The maximum absolute atomic E-state index is 11.5. The van der Waals surface area contributed by atoms with Crippen LogP contribution in [0.1, 0.15) is 38.8 Å². The number of carbonyl (C=O) groups excluding carboxylic acids is 1. The molecule has 0 saturated heterocycles. The number of nitrogens with two attached hydrogens (primary N) is 1. The Kier molecular flexibility index (Phi) is 12.8. The molecule has 7 nitrogen and oxygen atoms in total. The Morgan fingerprint density at radius 2 is 1.93 bits per heavy atom. The van der Waals surface area contributed by atoms with Crippen molar-refractivity contribution in [1.82, 2.24) is 10.6 Å². The lowest BCUT2D eigenvalue weighted by atomic mass is 9.93. The zero-order valence-corrected chi connectivity index (χ0v) is 20.0. The van der Waals surface area contributed by atoms with Gasteiger partial charge < -0.3 is 25.8 Å². The van der Waals surface area contributed by atoms with Gasteiger partial charge >= 0.3 is 0 Å². The molecule has 0 saturated carbocycles. The number of nitrogens with one attached hydrogen (secondary N) is 2. The van der Waals surface area contributed by atoms with Gasteiger partial charge in [-0.05, 0) is 46.2 Å². The van der Waals surface area contributed by atoms with Crippen molar-refractivity contribution in [1.29, 1.82) is 0 Å². The van der Waals surface area contributed by atoms with Gasteiger partial charge in [-0.2, -0.15) is 0 Å². The van der Waals surface area contributed by atoms with E-state index in [2.05, 4.69) is 15.6 Å². The van der Waals surface area contributed by atoms with E-state index in [1.165, 1.54) is 0 Å². The number of primary amides is 1. The lowest BCUT2D eigenvalue weighted by Crippen LogP contribution is -2.46. The largest absolute Gasteiger partial charge is 0.491 e. The van der Waals surface area contributed by atoms with Crippen LogP contribution in [-0.4, -0.2) is 44.8 Å². The van der Waals surface area contributed by atoms with Gasteiger partial charge in [0.2, 0.25) is 5.91 Å². The van der Waals surface area contributed by atoms with E-state index in [0.29, 0.717) is 45.4 Å². The summed E-state index contributed by atoms with van der Waals surface area (Å²) in [6, 6.07) is 6.07. The fourth-order valence-corrected chi connectivity index (χ4v) is 2.18. The highest BCUT2D eigenvalue weighted by atomic mass is 127. The molecule has 0 radical (unpaired) electrons. The lowest BCUT2D eigenvalue weighted by Gasteiger charge is -2.22. The summed E-state index contributed by atoms with van der Waals surface area (Å²) >= 11 is 0. The SMILES string of the molecule is CCNC(=NCc1ccc(C)cc1OCCOCC)NCC(C)(C)C(N)=O.I. The fourth-order valence-electron chi connectivity index (χ4n) is 2.18. The number of nitrogens with zero attached hydrogens (tertiary/aromatic N) is 1. The second kappa shape index (κ2) is 13.6. The van der Waals surface area contributed by atoms with Gasteiger partial charge in [-0.3, -0.25) is 4.79 Å². The highest BCUT2D eigenvalue weighted by Crippen LogP contribution is 2.21. The first-order valence-corrected chi connectivity index (χ1v) is 9.42. The van der Waals surface area contributed by atoms with Crippen LogP contribution >= 0.6 is 24.0 Å². The van der Waals surface area contributed by atoms with Crippen LogP contribution in [0.15, 0.2) is 23.2 Å². The quantitative estimate of drug-likeness (QED) is 0.186. The Morgan fingerprint density at radius 3 is 2.54 bits per heavy atom. The van der Waals surface area contributed by atoms with Crippen molar-refractivity contribution in [3.63, 3.8) is 0 Å². The minimum atomic E-state index is -0.659. The molecule has 28 heavy (non-hydrogen) atoms. The number of amides is 1. The van der Waals surface area contributed by atoms with E-state index >= 15 is 0 Å². The van der Waals surface area contributed by atoms with Crippen LogP contribution in [0.4, 0.5) is 0 Å². The zero-order valence-electron chi connectivity index (χ0n) is 17.6. The normalized spacial score (nSPS) is 11.5. The summed E-state index contributed by atoms with van der Waals surface area (Å²) in [6.45, 7) is 12.9. The predicted molar refractivity (Wildman–Crippen MR) is 124 cm³/mol. The van der Waals surface area contributed by atoms with Crippen LogP contribution in [-0.2, 0) is 16.1 Å². The van der Waals surface area contributed by atoms with Crippen molar-refractivity contribution in [3.05, 3.63) is 29.3 Å². The standard InChI is InChI=1S/C20H34N4O3.HI/c1-6-22-19(24-14-20(4,5)18(21)25)23-13-16-9-8-15(3)12-17(16)27-11-10-26-7-2;/h8-9,12H,6-7,10-11,13-14H2,1-5H3,(H2,21,25)(H2,22,23,24);1H. The van der Waals surface area contributed by atoms with Crippen LogP contribution in [0, 0.1) is 12.3 Å². The number of aliphatic imine (C=N–C) groups is 1. The van der Waals surface area contributed by atoms with Crippen molar-refractivity contribution in [2.45, 2.75) is 41.2 Å². The van der Waals surface area contributed by atoms with Gasteiger partial charge in [0.25, 0.3) is 0 Å². The first-order chi connectivity index (χ1) is 12.8. The van der Waals surface area contributed by atoms with Gasteiger partial charge in [0.1, 0.15) is 12.4 Å². The number of hydrogen-bond donors (Lipinski definition) is 3. The monoisotopic (exact) mass is 506 g/mol. The average molecular weight is 506 g/mol. The van der Waals surface area contributed by atoms with Crippen molar-refractivity contribution in [3.8, 4) is 5.75 Å². The third-order valence-electron chi connectivity index (χ3n) is 4.03. The van der Waals surface area contributed by atoms with Crippen molar-refractivity contribution >= 4 is 35.8 Å². The Balaban J connectivity index is 0.00000729. The number of halogens is 1. The van der Waals surface area contributed by atoms with E-state index in [-0.39, 0.29) is 29.9 Å². The van der Waals surface area contributed by atoms with Crippen LogP contribution in [0.2, 0.25) is 0 Å². The Hall–Kier alpha value is -1.55. The highest BCUT2D eigenvalue weighted by Gasteiger charge is 2.24. The summed E-state index contributed by atoms with van der Waals surface area (Å²) in [6.07, 6.45) is 0.